The van der Waals surface area contributed by atoms with E-state index in [1.807, 2.05) is 0 Å². The largest absolute Gasteiger partial charge is 0.261 e. The number of thiophene rings is 1. The van der Waals surface area contributed by atoms with E-state index in [1.165, 1.54) is 35.4 Å². The molecule has 1 aliphatic carbocycles. The highest BCUT2D eigenvalue weighted by atomic mass is 32.1. The second-order valence-electron chi connectivity index (χ2n) is 8.11. The minimum absolute atomic E-state index is 0.253. The molecule has 1 aromatic carbocycles. The van der Waals surface area contributed by atoms with Crippen molar-refractivity contribution in [2.45, 2.75) is 46.5 Å². The van der Waals surface area contributed by atoms with E-state index in [9.17, 15) is 4.39 Å². The minimum atomic E-state index is -0.253. The average molecular weight is 397 g/mol. The normalized spacial score (nSPS) is 17.2. The Kier molecular flexibility index (Phi) is 5.15. The summed E-state index contributed by atoms with van der Waals surface area (Å²) in [5.41, 5.74) is 5.63. The van der Waals surface area contributed by atoms with Crippen LogP contribution >= 0.6 is 11.3 Å². The van der Waals surface area contributed by atoms with Crippen molar-refractivity contribution >= 4 is 33.6 Å². The zero-order valence-electron chi connectivity index (χ0n) is 16.5. The predicted molar refractivity (Wildman–Crippen MR) is 115 cm³/mol. The van der Waals surface area contributed by atoms with E-state index >= 15 is 0 Å². The molecule has 1 N–H and O–H groups in total. The van der Waals surface area contributed by atoms with E-state index < -0.39 is 0 Å². The third-order valence-electron chi connectivity index (χ3n) is 6.11. The zero-order chi connectivity index (χ0) is 19.7. The first-order valence-corrected chi connectivity index (χ1v) is 10.6. The van der Waals surface area contributed by atoms with Gasteiger partial charge in [0.15, 0.2) is 5.82 Å². The highest BCUT2D eigenvalue weighted by Gasteiger charge is 2.33. The van der Waals surface area contributed by atoms with Gasteiger partial charge >= 0.3 is 0 Å². The zero-order valence-corrected chi connectivity index (χ0v) is 17.3. The lowest BCUT2D eigenvalue weighted by Crippen LogP contribution is -2.28. The van der Waals surface area contributed by atoms with Crippen molar-refractivity contribution in [2.75, 3.05) is 5.43 Å². The first-order chi connectivity index (χ1) is 13.5. The fourth-order valence-corrected chi connectivity index (χ4v) is 5.05. The van der Waals surface area contributed by atoms with Crippen LogP contribution in [-0.2, 0) is 12.8 Å². The van der Waals surface area contributed by atoms with Gasteiger partial charge in [-0.2, -0.15) is 5.10 Å². The highest BCUT2D eigenvalue weighted by molar-refractivity contribution is 7.19. The van der Waals surface area contributed by atoms with Crippen molar-refractivity contribution < 1.29 is 4.39 Å². The number of halogens is 1. The van der Waals surface area contributed by atoms with Gasteiger partial charge in [0.1, 0.15) is 17.0 Å². The van der Waals surface area contributed by atoms with Gasteiger partial charge < -0.3 is 0 Å². The summed E-state index contributed by atoms with van der Waals surface area (Å²) in [6, 6.07) is 6.24. The van der Waals surface area contributed by atoms with Crippen LogP contribution in [0.3, 0.4) is 0 Å². The molecular formula is C22H25FN4S. The second-order valence-corrected chi connectivity index (χ2v) is 9.19. The third kappa shape index (κ3) is 3.65. The number of nitrogens with zero attached hydrogens (tertiary/aromatic N) is 3. The summed E-state index contributed by atoms with van der Waals surface area (Å²) in [6.45, 7) is 7.03. The number of benzene rings is 1. The number of fused-ring (bicyclic) bond motifs is 3. The van der Waals surface area contributed by atoms with Crippen LogP contribution in [0.25, 0.3) is 10.2 Å². The van der Waals surface area contributed by atoms with Crippen molar-refractivity contribution in [1.29, 1.82) is 0 Å². The summed E-state index contributed by atoms with van der Waals surface area (Å²) in [6.07, 6.45) is 7.86. The molecule has 0 amide bonds. The van der Waals surface area contributed by atoms with E-state index in [-0.39, 0.29) is 5.82 Å². The maximum absolute atomic E-state index is 13.0. The molecule has 4 rings (SSSR count). The summed E-state index contributed by atoms with van der Waals surface area (Å²) >= 11 is 1.78. The number of rotatable bonds is 5. The third-order valence-corrected chi connectivity index (χ3v) is 7.31. The van der Waals surface area contributed by atoms with E-state index in [0.29, 0.717) is 11.3 Å². The number of aromatic nitrogens is 2. The summed E-state index contributed by atoms with van der Waals surface area (Å²) in [5, 5.41) is 5.43. The Morgan fingerprint density at radius 3 is 2.82 bits per heavy atom. The molecule has 2 aromatic heterocycles. The average Bonchev–Trinajstić information content (AvgIpc) is 3.08. The number of hydrogen-bond donors (Lipinski definition) is 1. The molecule has 4 nitrogen and oxygen atoms in total. The Morgan fingerprint density at radius 1 is 1.29 bits per heavy atom. The summed E-state index contributed by atoms with van der Waals surface area (Å²) in [7, 11) is 0. The Balaban J connectivity index is 1.63. The molecule has 0 spiro atoms. The van der Waals surface area contributed by atoms with Crippen LogP contribution in [0.15, 0.2) is 35.7 Å². The molecule has 28 heavy (non-hydrogen) atoms. The molecule has 0 unspecified atom stereocenters. The first-order valence-electron chi connectivity index (χ1n) is 9.78. The van der Waals surface area contributed by atoms with E-state index in [4.69, 9.17) is 0 Å². The van der Waals surface area contributed by atoms with Crippen LogP contribution in [0.4, 0.5) is 10.2 Å². The standard InChI is InChI=1S/C22H25FN4S/c1-4-22(2,3)15-7-10-18-17(11-15)19-20(24-13-25-21(19)28-18)27-26-12-14-5-8-16(23)9-6-14/h5-6,8-9,12-13,15H,4,7,10-11H2,1-3H3,(H,24,25,27)/b26-12+/t15-/m1/s1. The van der Waals surface area contributed by atoms with Gasteiger partial charge in [0.05, 0.1) is 11.6 Å². The summed E-state index contributed by atoms with van der Waals surface area (Å²) in [5.74, 6) is 1.16. The van der Waals surface area contributed by atoms with Crippen LogP contribution in [0, 0.1) is 17.2 Å². The molecule has 0 aliphatic heterocycles. The van der Waals surface area contributed by atoms with Crippen LogP contribution in [0.2, 0.25) is 0 Å². The molecule has 146 valence electrons. The van der Waals surface area contributed by atoms with Crippen LogP contribution in [-0.4, -0.2) is 16.2 Å². The second kappa shape index (κ2) is 7.59. The van der Waals surface area contributed by atoms with Gasteiger partial charge in [-0.05, 0) is 53.9 Å². The molecule has 0 saturated heterocycles. The fourth-order valence-electron chi connectivity index (χ4n) is 3.87. The van der Waals surface area contributed by atoms with Gasteiger partial charge in [0.2, 0.25) is 0 Å². The lowest BCUT2D eigenvalue weighted by molar-refractivity contribution is 0.184. The smallest absolute Gasteiger partial charge is 0.158 e. The van der Waals surface area contributed by atoms with Crippen molar-refractivity contribution in [3.8, 4) is 0 Å². The molecule has 0 radical (unpaired) electrons. The summed E-state index contributed by atoms with van der Waals surface area (Å²) < 4.78 is 13.0. The quantitative estimate of drug-likeness (QED) is 0.437. The lowest BCUT2D eigenvalue weighted by Gasteiger charge is -2.36. The Bertz CT molecular complexity index is 1010. The van der Waals surface area contributed by atoms with Gasteiger partial charge in [0, 0.05) is 4.88 Å². The van der Waals surface area contributed by atoms with Crippen LogP contribution in [0.1, 0.15) is 49.6 Å². The Labute approximate surface area is 168 Å². The van der Waals surface area contributed by atoms with Crippen LogP contribution in [0.5, 0.6) is 0 Å². The fraction of sp³-hybridized carbons (Fsp3) is 0.409. The van der Waals surface area contributed by atoms with Gasteiger partial charge in [-0.3, -0.25) is 5.43 Å². The van der Waals surface area contributed by atoms with Crippen LogP contribution < -0.4 is 5.43 Å². The molecule has 1 atom stereocenters. The van der Waals surface area contributed by atoms with Gasteiger partial charge in [-0.25, -0.2) is 14.4 Å². The maximum atomic E-state index is 13.0. The molecule has 0 fully saturated rings. The Hall–Kier alpha value is -2.34. The highest BCUT2D eigenvalue weighted by Crippen LogP contribution is 2.45. The topological polar surface area (TPSA) is 50.2 Å². The number of hydrazone groups is 1. The van der Waals surface area contributed by atoms with Gasteiger partial charge in [0.25, 0.3) is 0 Å². The van der Waals surface area contributed by atoms with E-state index in [1.54, 1.807) is 36.0 Å². The monoisotopic (exact) mass is 396 g/mol. The molecule has 2 heterocycles. The predicted octanol–water partition coefficient (Wildman–Crippen LogP) is 5.82. The van der Waals surface area contributed by atoms with Crippen molar-refractivity contribution in [1.82, 2.24) is 9.97 Å². The number of anilines is 1. The first kappa shape index (κ1) is 19.0. The molecule has 0 saturated carbocycles. The minimum Gasteiger partial charge on any atom is -0.261 e. The van der Waals surface area contributed by atoms with E-state index in [2.05, 4.69) is 41.3 Å². The van der Waals surface area contributed by atoms with Crippen molar-refractivity contribution in [3.05, 3.63) is 52.4 Å². The van der Waals surface area contributed by atoms with Gasteiger partial charge in [-0.15, -0.1) is 11.3 Å². The SMILES string of the molecule is CCC(C)(C)[C@@H]1CCc2sc3ncnc(N/N=C/c4ccc(F)cc4)c3c2C1. The number of nitrogens with one attached hydrogen (secondary N) is 1. The van der Waals surface area contributed by atoms with Crippen molar-refractivity contribution in [3.63, 3.8) is 0 Å². The van der Waals surface area contributed by atoms with Gasteiger partial charge in [-0.1, -0.05) is 39.3 Å². The molecule has 0 bridgehead atoms. The lowest BCUT2D eigenvalue weighted by atomic mass is 9.69. The van der Waals surface area contributed by atoms with E-state index in [0.717, 1.165) is 34.4 Å². The summed E-state index contributed by atoms with van der Waals surface area (Å²) in [4.78, 5) is 11.4. The number of aryl methyl sites for hydroxylation is 1. The van der Waals surface area contributed by atoms with Crippen molar-refractivity contribution in [2.24, 2.45) is 16.4 Å². The maximum Gasteiger partial charge on any atom is 0.158 e. The molecule has 6 heteroatoms. The molecule has 1 aliphatic rings. The number of hydrogen-bond acceptors (Lipinski definition) is 5. The molecular weight excluding hydrogens is 371 g/mol. The molecule has 3 aromatic rings. The Morgan fingerprint density at radius 2 is 2.07 bits per heavy atom.